The third-order valence-corrected chi connectivity index (χ3v) is 4.30. The molecular formula is C21H17ClFN3O3. The minimum atomic E-state index is -0.440. The average molecular weight is 414 g/mol. The summed E-state index contributed by atoms with van der Waals surface area (Å²) in [7, 11) is 1.49. The SMILES string of the molecule is COc1cc(/C=N/NC(=O)c2ccncc2)ccc1OCc1c(F)cccc1Cl. The quantitative estimate of drug-likeness (QED) is 0.465. The molecule has 0 aliphatic carbocycles. The van der Waals surface area contributed by atoms with Crippen molar-refractivity contribution in [3.63, 3.8) is 0 Å². The topological polar surface area (TPSA) is 72.8 Å². The second-order valence-electron chi connectivity index (χ2n) is 5.83. The Labute approximate surface area is 171 Å². The number of aromatic nitrogens is 1. The lowest BCUT2D eigenvalue weighted by Crippen LogP contribution is -2.17. The third kappa shape index (κ3) is 5.30. The number of hydrogen-bond donors (Lipinski definition) is 1. The maximum Gasteiger partial charge on any atom is 0.271 e. The van der Waals surface area contributed by atoms with Gasteiger partial charge in [0.15, 0.2) is 11.5 Å². The number of carbonyl (C=O) groups excluding carboxylic acids is 1. The number of rotatable bonds is 7. The Morgan fingerprint density at radius 2 is 2.00 bits per heavy atom. The van der Waals surface area contributed by atoms with Gasteiger partial charge in [0, 0.05) is 23.5 Å². The predicted molar refractivity (Wildman–Crippen MR) is 108 cm³/mol. The van der Waals surface area contributed by atoms with Gasteiger partial charge in [-0.05, 0) is 48.0 Å². The summed E-state index contributed by atoms with van der Waals surface area (Å²) in [6.45, 7) is -0.0444. The molecule has 0 fully saturated rings. The van der Waals surface area contributed by atoms with Crippen LogP contribution in [0, 0.1) is 5.82 Å². The molecule has 0 radical (unpaired) electrons. The zero-order valence-corrected chi connectivity index (χ0v) is 16.2. The first-order chi connectivity index (χ1) is 14.1. The third-order valence-electron chi connectivity index (χ3n) is 3.94. The first-order valence-electron chi connectivity index (χ1n) is 8.55. The minimum Gasteiger partial charge on any atom is -0.493 e. The number of ether oxygens (including phenoxy) is 2. The molecule has 1 heterocycles. The highest BCUT2D eigenvalue weighted by molar-refractivity contribution is 6.31. The molecule has 1 N–H and O–H groups in total. The normalized spacial score (nSPS) is 10.7. The molecular weight excluding hydrogens is 397 g/mol. The molecule has 6 nitrogen and oxygen atoms in total. The molecule has 0 aliphatic heterocycles. The highest BCUT2D eigenvalue weighted by Crippen LogP contribution is 2.29. The van der Waals surface area contributed by atoms with E-state index in [1.807, 2.05) is 0 Å². The Kier molecular flexibility index (Phi) is 6.76. The van der Waals surface area contributed by atoms with E-state index in [-0.39, 0.29) is 23.1 Å². The van der Waals surface area contributed by atoms with Crippen molar-refractivity contribution >= 4 is 23.7 Å². The van der Waals surface area contributed by atoms with Gasteiger partial charge in [-0.1, -0.05) is 17.7 Å². The summed E-state index contributed by atoms with van der Waals surface area (Å²) in [4.78, 5) is 15.8. The number of nitrogens with one attached hydrogen (secondary N) is 1. The van der Waals surface area contributed by atoms with Crippen molar-refractivity contribution in [1.29, 1.82) is 0 Å². The summed E-state index contributed by atoms with van der Waals surface area (Å²) >= 11 is 6.02. The molecule has 3 aromatic rings. The number of methoxy groups -OCH3 is 1. The Balaban J connectivity index is 1.66. The number of amides is 1. The van der Waals surface area contributed by atoms with E-state index in [0.717, 1.165) is 0 Å². The molecule has 0 atom stereocenters. The van der Waals surface area contributed by atoms with E-state index < -0.39 is 5.82 Å². The molecule has 0 aliphatic rings. The van der Waals surface area contributed by atoms with Gasteiger partial charge in [0.1, 0.15) is 12.4 Å². The molecule has 1 aromatic heterocycles. The van der Waals surface area contributed by atoms with Gasteiger partial charge >= 0.3 is 0 Å². The number of benzene rings is 2. The fourth-order valence-corrected chi connectivity index (χ4v) is 2.65. The summed E-state index contributed by atoms with van der Waals surface area (Å²) in [5.41, 5.74) is 3.82. The van der Waals surface area contributed by atoms with Crippen molar-refractivity contribution in [3.05, 3.63) is 88.5 Å². The lowest BCUT2D eigenvalue weighted by molar-refractivity contribution is 0.0955. The number of nitrogens with zero attached hydrogens (tertiary/aromatic N) is 2. The highest BCUT2D eigenvalue weighted by Gasteiger charge is 2.11. The van der Waals surface area contributed by atoms with Crippen molar-refractivity contribution in [2.45, 2.75) is 6.61 Å². The van der Waals surface area contributed by atoms with Crippen LogP contribution in [0.4, 0.5) is 4.39 Å². The predicted octanol–water partition coefficient (Wildman–Crippen LogP) is 4.23. The first kappa shape index (κ1) is 20.3. The van der Waals surface area contributed by atoms with Crippen molar-refractivity contribution in [2.24, 2.45) is 5.10 Å². The van der Waals surface area contributed by atoms with Crippen LogP contribution in [-0.4, -0.2) is 24.2 Å². The second-order valence-corrected chi connectivity index (χ2v) is 6.24. The molecule has 29 heavy (non-hydrogen) atoms. The summed E-state index contributed by atoms with van der Waals surface area (Å²) in [5, 5.41) is 4.22. The van der Waals surface area contributed by atoms with E-state index in [4.69, 9.17) is 21.1 Å². The van der Waals surface area contributed by atoms with Gasteiger partial charge in [-0.2, -0.15) is 5.10 Å². The van der Waals surface area contributed by atoms with Crippen LogP contribution in [-0.2, 0) is 6.61 Å². The van der Waals surface area contributed by atoms with Gasteiger partial charge in [0.25, 0.3) is 5.91 Å². The average Bonchev–Trinajstić information content (AvgIpc) is 2.74. The van der Waals surface area contributed by atoms with Crippen LogP contribution in [0.2, 0.25) is 5.02 Å². The van der Waals surface area contributed by atoms with Crippen LogP contribution in [0.25, 0.3) is 0 Å². The van der Waals surface area contributed by atoms with Gasteiger partial charge in [-0.25, -0.2) is 9.82 Å². The van der Waals surface area contributed by atoms with E-state index in [9.17, 15) is 9.18 Å². The zero-order chi connectivity index (χ0) is 20.6. The lowest BCUT2D eigenvalue weighted by atomic mass is 10.2. The van der Waals surface area contributed by atoms with Crippen LogP contribution in [0.3, 0.4) is 0 Å². The molecule has 0 unspecified atom stereocenters. The summed E-state index contributed by atoms with van der Waals surface area (Å²) in [6.07, 6.45) is 4.52. The van der Waals surface area contributed by atoms with Gasteiger partial charge in [0.2, 0.25) is 0 Å². The van der Waals surface area contributed by atoms with Crippen molar-refractivity contribution in [3.8, 4) is 11.5 Å². The van der Waals surface area contributed by atoms with Crippen molar-refractivity contribution < 1.29 is 18.7 Å². The zero-order valence-electron chi connectivity index (χ0n) is 15.4. The second kappa shape index (κ2) is 9.66. The molecule has 0 spiro atoms. The molecule has 2 aromatic carbocycles. The van der Waals surface area contributed by atoms with E-state index in [0.29, 0.717) is 22.6 Å². The number of halogens is 2. The standard InChI is InChI=1S/C21H17ClFN3O3/c1-28-20-11-14(12-25-26-21(27)15-7-9-24-10-8-15)5-6-19(20)29-13-16-17(22)3-2-4-18(16)23/h2-12H,13H2,1H3,(H,26,27)/b25-12+. The fraction of sp³-hybridized carbons (Fsp3) is 0.0952. The number of carbonyl (C=O) groups is 1. The number of pyridine rings is 1. The van der Waals surface area contributed by atoms with Crippen molar-refractivity contribution in [2.75, 3.05) is 7.11 Å². The van der Waals surface area contributed by atoms with E-state index in [1.54, 1.807) is 36.4 Å². The Hall–Kier alpha value is -3.45. The van der Waals surface area contributed by atoms with Crippen LogP contribution in [0.15, 0.2) is 66.0 Å². The highest BCUT2D eigenvalue weighted by atomic mass is 35.5. The molecule has 1 amide bonds. The summed E-state index contributed by atoms with van der Waals surface area (Å²) in [6, 6.07) is 12.7. The number of hydrogen-bond acceptors (Lipinski definition) is 5. The van der Waals surface area contributed by atoms with Crippen LogP contribution in [0.1, 0.15) is 21.5 Å². The fourth-order valence-electron chi connectivity index (χ4n) is 2.44. The summed E-state index contributed by atoms with van der Waals surface area (Å²) in [5.74, 6) is 0.0640. The molecule has 0 saturated carbocycles. The van der Waals surface area contributed by atoms with Crippen LogP contribution in [0.5, 0.6) is 11.5 Å². The summed E-state index contributed by atoms with van der Waals surface area (Å²) < 4.78 is 24.9. The Morgan fingerprint density at radius 1 is 1.21 bits per heavy atom. The van der Waals surface area contributed by atoms with Gasteiger partial charge in [-0.3, -0.25) is 9.78 Å². The van der Waals surface area contributed by atoms with Gasteiger partial charge in [0.05, 0.1) is 18.3 Å². The van der Waals surface area contributed by atoms with Gasteiger partial charge in [-0.15, -0.1) is 0 Å². The van der Waals surface area contributed by atoms with Gasteiger partial charge < -0.3 is 9.47 Å². The smallest absolute Gasteiger partial charge is 0.271 e. The van der Waals surface area contributed by atoms with E-state index in [2.05, 4.69) is 15.5 Å². The monoisotopic (exact) mass is 413 g/mol. The van der Waals surface area contributed by atoms with Crippen LogP contribution < -0.4 is 14.9 Å². The first-order valence-corrected chi connectivity index (χ1v) is 8.93. The molecule has 8 heteroatoms. The maximum atomic E-state index is 13.9. The minimum absolute atomic E-state index is 0.0444. The lowest BCUT2D eigenvalue weighted by Gasteiger charge is -2.12. The largest absolute Gasteiger partial charge is 0.493 e. The van der Waals surface area contributed by atoms with E-state index in [1.165, 1.54) is 37.9 Å². The van der Waals surface area contributed by atoms with Crippen LogP contribution >= 0.6 is 11.6 Å². The number of hydrazone groups is 1. The maximum absolute atomic E-state index is 13.9. The molecule has 148 valence electrons. The Bertz CT molecular complexity index is 1010. The molecule has 3 rings (SSSR count). The van der Waals surface area contributed by atoms with Crippen molar-refractivity contribution in [1.82, 2.24) is 10.4 Å². The molecule has 0 bridgehead atoms. The Morgan fingerprint density at radius 3 is 2.72 bits per heavy atom. The van der Waals surface area contributed by atoms with E-state index >= 15 is 0 Å². The molecule has 0 saturated heterocycles.